The van der Waals surface area contributed by atoms with Gasteiger partial charge >= 0.3 is 0 Å². The van der Waals surface area contributed by atoms with Crippen LogP contribution in [0.25, 0.3) is 0 Å². The van der Waals surface area contributed by atoms with E-state index >= 15 is 0 Å². The minimum Gasteiger partial charge on any atom is -0.387 e. The van der Waals surface area contributed by atoms with Gasteiger partial charge in [0, 0.05) is 19.6 Å². The highest BCUT2D eigenvalue weighted by atomic mass is 32.2. The van der Waals surface area contributed by atoms with E-state index in [1.54, 1.807) is 0 Å². The van der Waals surface area contributed by atoms with Crippen molar-refractivity contribution in [2.75, 3.05) is 36.7 Å². The number of likely N-dealkylation sites (tertiary alicyclic amines) is 1. The van der Waals surface area contributed by atoms with Crippen LogP contribution in [0.1, 0.15) is 50.3 Å². The van der Waals surface area contributed by atoms with E-state index in [9.17, 15) is 13.5 Å². The van der Waals surface area contributed by atoms with Gasteiger partial charge in [0.25, 0.3) is 0 Å². The van der Waals surface area contributed by atoms with Crippen LogP contribution < -0.4 is 4.31 Å². The van der Waals surface area contributed by atoms with Crippen LogP contribution in [0.2, 0.25) is 0 Å². The van der Waals surface area contributed by atoms with Gasteiger partial charge in [0.05, 0.1) is 18.0 Å². The fourth-order valence-corrected chi connectivity index (χ4v) is 5.18. The Morgan fingerprint density at radius 2 is 2.00 bits per heavy atom. The fraction of sp³-hybridized carbons (Fsp3) is 0.684. The molecule has 0 radical (unpaired) electrons. The molecule has 1 atom stereocenters. The first-order valence-corrected chi connectivity index (χ1v) is 11.0. The van der Waals surface area contributed by atoms with Crippen molar-refractivity contribution >= 4 is 15.7 Å². The third-order valence-corrected chi connectivity index (χ3v) is 6.56. The molecule has 25 heavy (non-hydrogen) atoms. The lowest BCUT2D eigenvalue weighted by atomic mass is 9.84. The Labute approximate surface area is 151 Å². The topological polar surface area (TPSA) is 60.9 Å². The van der Waals surface area contributed by atoms with Crippen LogP contribution in [0.3, 0.4) is 0 Å². The standard InChI is InChI=1S/C19H30N2O3S/c1-19(2)9-5-10-20(14-19)13-18(22)16-7-8-17-15(12-16)6-4-11-21(17)25(3,23)24/h7-8,12,18,22H,4-6,9-11,13-14H2,1-3H3/t18-/m1/s1. The van der Waals surface area contributed by atoms with Crippen LogP contribution in [0.15, 0.2) is 18.2 Å². The molecule has 2 aliphatic heterocycles. The molecule has 0 spiro atoms. The fourth-order valence-electron chi connectivity index (χ4n) is 4.18. The summed E-state index contributed by atoms with van der Waals surface area (Å²) >= 11 is 0. The molecule has 0 aromatic heterocycles. The lowest BCUT2D eigenvalue weighted by Gasteiger charge is -2.39. The molecule has 1 N–H and O–H groups in total. The first-order valence-electron chi connectivity index (χ1n) is 9.17. The maximum atomic E-state index is 12.0. The second kappa shape index (κ2) is 6.89. The SMILES string of the molecule is CC1(C)CCCN(C[C@@H](O)c2ccc3c(c2)CCCN3S(C)(=O)=O)C1. The molecule has 0 saturated carbocycles. The summed E-state index contributed by atoms with van der Waals surface area (Å²) in [7, 11) is -3.25. The molecule has 1 saturated heterocycles. The second-order valence-electron chi connectivity index (χ2n) is 8.35. The van der Waals surface area contributed by atoms with Crippen molar-refractivity contribution in [3.8, 4) is 0 Å². The molecule has 6 heteroatoms. The van der Waals surface area contributed by atoms with E-state index in [4.69, 9.17) is 0 Å². The number of nitrogens with zero attached hydrogens (tertiary/aromatic N) is 2. The molecule has 2 heterocycles. The Balaban J connectivity index is 1.75. The Bertz CT molecular complexity index is 730. The summed E-state index contributed by atoms with van der Waals surface area (Å²) < 4.78 is 25.4. The molecular weight excluding hydrogens is 336 g/mol. The zero-order chi connectivity index (χ0) is 18.2. The molecule has 5 nitrogen and oxygen atoms in total. The summed E-state index contributed by atoms with van der Waals surface area (Å²) in [4.78, 5) is 2.34. The van der Waals surface area contributed by atoms with Crippen LogP contribution in [-0.4, -0.2) is 50.9 Å². The molecule has 1 fully saturated rings. The predicted molar refractivity (Wildman–Crippen MR) is 101 cm³/mol. The highest BCUT2D eigenvalue weighted by Gasteiger charge is 2.28. The van der Waals surface area contributed by atoms with Crippen LogP contribution in [0.4, 0.5) is 5.69 Å². The molecule has 2 aliphatic rings. The Kier molecular flexibility index (Phi) is 5.15. The maximum absolute atomic E-state index is 12.0. The number of piperidine rings is 1. The van der Waals surface area contributed by atoms with Crippen LogP contribution >= 0.6 is 0 Å². The van der Waals surface area contributed by atoms with E-state index in [0.717, 1.165) is 42.7 Å². The van der Waals surface area contributed by atoms with Gasteiger partial charge in [-0.15, -0.1) is 0 Å². The summed E-state index contributed by atoms with van der Waals surface area (Å²) in [5.74, 6) is 0. The predicted octanol–water partition coefficient (Wildman–Crippen LogP) is 2.55. The number of anilines is 1. The van der Waals surface area contributed by atoms with Gasteiger partial charge in [-0.25, -0.2) is 8.42 Å². The second-order valence-corrected chi connectivity index (χ2v) is 10.3. The van der Waals surface area contributed by atoms with Gasteiger partial charge in [-0.3, -0.25) is 9.21 Å². The number of aryl methyl sites for hydroxylation is 1. The molecule has 0 aliphatic carbocycles. The smallest absolute Gasteiger partial charge is 0.232 e. The highest BCUT2D eigenvalue weighted by molar-refractivity contribution is 7.92. The number of aliphatic hydroxyl groups is 1. The number of aliphatic hydroxyl groups excluding tert-OH is 1. The number of fused-ring (bicyclic) bond motifs is 1. The van der Waals surface area contributed by atoms with Crippen LogP contribution in [0.5, 0.6) is 0 Å². The molecule has 140 valence electrons. The van der Waals surface area contributed by atoms with Gasteiger partial charge in [-0.05, 0) is 54.8 Å². The molecule has 0 unspecified atom stereocenters. The van der Waals surface area contributed by atoms with Gasteiger partial charge < -0.3 is 5.11 Å². The number of sulfonamides is 1. The summed E-state index contributed by atoms with van der Waals surface area (Å²) in [5.41, 5.74) is 2.98. The first-order chi connectivity index (χ1) is 11.7. The average molecular weight is 367 g/mol. The number of β-amino-alcohol motifs (C(OH)–C–C–N with tert-alkyl or cyclic N) is 1. The van der Waals surface area contributed by atoms with E-state index in [1.165, 1.54) is 23.4 Å². The summed E-state index contributed by atoms with van der Waals surface area (Å²) in [6, 6.07) is 5.72. The van der Waals surface area contributed by atoms with Crippen LogP contribution in [-0.2, 0) is 16.4 Å². The van der Waals surface area contributed by atoms with Crippen molar-refractivity contribution in [1.82, 2.24) is 4.90 Å². The quantitative estimate of drug-likeness (QED) is 0.890. The van der Waals surface area contributed by atoms with Crippen molar-refractivity contribution in [2.45, 2.75) is 45.6 Å². The van der Waals surface area contributed by atoms with Gasteiger partial charge in [0.2, 0.25) is 10.0 Å². The van der Waals surface area contributed by atoms with Crippen molar-refractivity contribution in [1.29, 1.82) is 0 Å². The molecular formula is C19H30N2O3S. The van der Waals surface area contributed by atoms with Gasteiger partial charge in [0.1, 0.15) is 0 Å². The van der Waals surface area contributed by atoms with E-state index in [-0.39, 0.29) is 0 Å². The van der Waals surface area contributed by atoms with E-state index in [2.05, 4.69) is 18.7 Å². The monoisotopic (exact) mass is 366 g/mol. The minimum atomic E-state index is -3.25. The average Bonchev–Trinajstić information content (AvgIpc) is 2.51. The van der Waals surface area contributed by atoms with Crippen molar-refractivity contribution in [2.24, 2.45) is 5.41 Å². The largest absolute Gasteiger partial charge is 0.387 e. The first kappa shape index (κ1) is 18.7. The van der Waals surface area contributed by atoms with Crippen molar-refractivity contribution < 1.29 is 13.5 Å². The van der Waals surface area contributed by atoms with Crippen molar-refractivity contribution in [3.05, 3.63) is 29.3 Å². The zero-order valence-electron chi connectivity index (χ0n) is 15.5. The van der Waals surface area contributed by atoms with E-state index in [1.807, 2.05) is 18.2 Å². The molecule has 1 aromatic carbocycles. The van der Waals surface area contributed by atoms with Gasteiger partial charge in [0.15, 0.2) is 0 Å². The van der Waals surface area contributed by atoms with Gasteiger partial charge in [-0.1, -0.05) is 26.0 Å². The van der Waals surface area contributed by atoms with E-state index < -0.39 is 16.1 Å². The molecule has 0 amide bonds. The third-order valence-electron chi connectivity index (χ3n) is 5.38. The number of rotatable bonds is 4. The lowest BCUT2D eigenvalue weighted by molar-refractivity contribution is 0.0598. The third kappa shape index (κ3) is 4.36. The number of hydrogen-bond donors (Lipinski definition) is 1. The number of benzene rings is 1. The Morgan fingerprint density at radius 1 is 1.24 bits per heavy atom. The highest BCUT2D eigenvalue weighted by Crippen LogP contribution is 2.33. The zero-order valence-corrected chi connectivity index (χ0v) is 16.3. The summed E-state index contributed by atoms with van der Waals surface area (Å²) in [6.07, 6.45) is 4.81. The molecule has 1 aromatic rings. The summed E-state index contributed by atoms with van der Waals surface area (Å²) in [6.45, 7) is 7.78. The van der Waals surface area contributed by atoms with Crippen molar-refractivity contribution in [3.63, 3.8) is 0 Å². The number of hydrogen-bond acceptors (Lipinski definition) is 4. The van der Waals surface area contributed by atoms with E-state index in [0.29, 0.717) is 18.5 Å². The molecule has 3 rings (SSSR count). The Hall–Kier alpha value is -1.11. The molecule has 0 bridgehead atoms. The van der Waals surface area contributed by atoms with Gasteiger partial charge in [-0.2, -0.15) is 0 Å². The maximum Gasteiger partial charge on any atom is 0.232 e. The minimum absolute atomic E-state index is 0.309. The summed E-state index contributed by atoms with van der Waals surface area (Å²) in [5, 5.41) is 10.7. The Morgan fingerprint density at radius 3 is 2.68 bits per heavy atom. The van der Waals surface area contributed by atoms with Crippen LogP contribution in [0, 0.1) is 5.41 Å². The lowest BCUT2D eigenvalue weighted by Crippen LogP contribution is -2.42. The normalized spacial score (nSPS) is 22.5.